The predicted molar refractivity (Wildman–Crippen MR) is 133 cm³/mol. The molecule has 0 aromatic rings. The molecule has 19 heteroatoms. The molecule has 0 atom stereocenters. The van der Waals surface area contributed by atoms with E-state index < -0.39 is 50.8 Å². The van der Waals surface area contributed by atoms with Crippen LogP contribution in [0.5, 0.6) is 0 Å². The maximum Gasteiger partial charge on any atom is 0.428 e. The standard InChI is InChI=1S/C12H27B9F6N2O2/c1-5(2,3)29-9(18,19)7(14,15)28(8(16,17)10(29,20)21)4(30)31-6(13,11(22,23)24)12(25,26)27/h13-21H2,1-3H3. The number of nitrogens with zero attached hydrogens (tertiary/aromatic N) is 2. The van der Waals surface area contributed by atoms with Crippen LogP contribution in [0.3, 0.4) is 0 Å². The summed E-state index contributed by atoms with van der Waals surface area (Å²) in [5.74, 6) is 0. The molecule has 31 heavy (non-hydrogen) atoms. The Morgan fingerprint density at radius 2 is 1.00 bits per heavy atom. The van der Waals surface area contributed by atoms with Crippen molar-refractivity contribution in [1.29, 1.82) is 0 Å². The van der Waals surface area contributed by atoms with Crippen LogP contribution in [0.4, 0.5) is 31.1 Å². The Hall–Kier alpha value is -0.606. The third kappa shape index (κ3) is 3.99. The van der Waals surface area contributed by atoms with Crippen molar-refractivity contribution in [3.63, 3.8) is 0 Å². The zero-order valence-corrected chi connectivity index (χ0v) is 20.5. The number of piperazine rings is 1. The molecule has 1 aliphatic heterocycles. The highest BCUT2D eigenvalue weighted by Crippen LogP contribution is 2.48. The maximum absolute atomic E-state index is 13.4. The lowest BCUT2D eigenvalue weighted by atomic mass is 9.26. The molecule has 0 aromatic carbocycles. The zero-order valence-electron chi connectivity index (χ0n) is 20.5. The lowest BCUT2D eigenvalue weighted by Crippen LogP contribution is -2.94. The van der Waals surface area contributed by atoms with E-state index >= 15 is 0 Å². The van der Waals surface area contributed by atoms with Gasteiger partial charge in [-0.1, -0.05) is 0 Å². The van der Waals surface area contributed by atoms with Crippen molar-refractivity contribution in [2.75, 3.05) is 0 Å². The third-order valence-corrected chi connectivity index (χ3v) is 7.46. The number of amides is 1. The van der Waals surface area contributed by atoms with Crippen LogP contribution >= 0.6 is 0 Å². The summed E-state index contributed by atoms with van der Waals surface area (Å²) >= 11 is 0. The minimum atomic E-state index is -5.84. The number of hydrogen-bond donors (Lipinski definition) is 0. The van der Waals surface area contributed by atoms with Crippen molar-refractivity contribution in [3.05, 3.63) is 0 Å². The number of halogens is 6. The van der Waals surface area contributed by atoms with Gasteiger partial charge >= 0.3 is 18.4 Å². The van der Waals surface area contributed by atoms with Crippen molar-refractivity contribution in [3.8, 4) is 0 Å². The number of carbonyl (C=O) groups excluding carboxylic acids is 1. The highest BCUT2D eigenvalue weighted by Gasteiger charge is 2.72. The predicted octanol–water partition coefficient (Wildman–Crippen LogP) is -6.33. The fraction of sp³-hybridized carbons (Fsp3) is 0.917. The van der Waals surface area contributed by atoms with Crippen LogP contribution in [-0.2, 0) is 4.74 Å². The van der Waals surface area contributed by atoms with Crippen LogP contribution in [0.1, 0.15) is 20.8 Å². The Kier molecular flexibility index (Phi) is 6.60. The van der Waals surface area contributed by atoms with Gasteiger partial charge in [0, 0.05) is 5.54 Å². The van der Waals surface area contributed by atoms with Crippen LogP contribution in [0.15, 0.2) is 0 Å². The molecule has 0 aromatic heterocycles. The first kappa shape index (κ1) is 28.4. The number of carbonyl (C=O) groups is 1. The van der Waals surface area contributed by atoms with Gasteiger partial charge < -0.3 is 14.5 Å². The molecule has 1 fully saturated rings. The van der Waals surface area contributed by atoms with Crippen LogP contribution in [0, 0.1) is 0 Å². The summed E-state index contributed by atoms with van der Waals surface area (Å²) in [7, 11) is 13.6. The van der Waals surface area contributed by atoms with E-state index in [4.69, 9.17) is 0 Å². The Labute approximate surface area is 188 Å². The Morgan fingerprint density at radius 3 is 1.23 bits per heavy atom. The van der Waals surface area contributed by atoms with Crippen molar-refractivity contribution >= 4 is 76.7 Å². The van der Waals surface area contributed by atoms with Gasteiger partial charge in [0.2, 0.25) is 0 Å². The second-order valence-corrected chi connectivity index (χ2v) is 11.5. The van der Waals surface area contributed by atoms with Gasteiger partial charge in [-0.3, -0.25) is 0 Å². The Bertz CT molecular complexity index is 694. The largest absolute Gasteiger partial charge is 0.433 e. The lowest BCUT2D eigenvalue weighted by Gasteiger charge is -2.76. The first-order valence-electron chi connectivity index (χ1n) is 10.1. The fourth-order valence-electron chi connectivity index (χ4n) is 5.12. The van der Waals surface area contributed by atoms with Gasteiger partial charge in [0.1, 0.15) is 62.8 Å². The normalized spacial score (nSPS) is 23.8. The number of ether oxygens (including phenoxy) is 1. The summed E-state index contributed by atoms with van der Waals surface area (Å²) in [4.78, 5) is 16.4. The molecule has 4 nitrogen and oxygen atoms in total. The molecule has 0 aliphatic carbocycles. The molecule has 0 saturated carbocycles. The van der Waals surface area contributed by atoms with E-state index in [-0.39, 0.29) is 7.85 Å². The van der Waals surface area contributed by atoms with Crippen LogP contribution < -0.4 is 0 Å². The summed E-state index contributed by atoms with van der Waals surface area (Å²) < 4.78 is 84.8. The van der Waals surface area contributed by atoms with Crippen molar-refractivity contribution in [2.24, 2.45) is 0 Å². The molecule has 1 aliphatic rings. The van der Waals surface area contributed by atoms with Gasteiger partial charge in [-0.05, 0) is 42.1 Å². The minimum Gasteiger partial charge on any atom is -0.433 e. The van der Waals surface area contributed by atoms with E-state index in [9.17, 15) is 31.1 Å². The average Bonchev–Trinajstić information content (AvgIpc) is 2.39. The first-order chi connectivity index (χ1) is 13.1. The molecule has 0 spiro atoms. The fourth-order valence-corrected chi connectivity index (χ4v) is 5.12. The molecule has 0 unspecified atom stereocenters. The molecule has 1 rings (SSSR count). The van der Waals surface area contributed by atoms with Gasteiger partial charge in [0.25, 0.3) is 5.50 Å². The molecular weight excluding hydrogens is 415 g/mol. The average molecular weight is 443 g/mol. The summed E-state index contributed by atoms with van der Waals surface area (Å²) in [5.41, 5.74) is -5.07. The number of alkyl halides is 6. The molecule has 1 saturated heterocycles. The number of hydrogen-bond acceptors (Lipinski definition) is 3. The van der Waals surface area contributed by atoms with Gasteiger partial charge in [-0.25, -0.2) is 4.79 Å². The van der Waals surface area contributed by atoms with Gasteiger partial charge in [-0.15, -0.1) is 0 Å². The smallest absolute Gasteiger partial charge is 0.428 e. The molecular formula is C12H27B9F6N2O2. The van der Waals surface area contributed by atoms with E-state index in [1.54, 1.807) is 31.4 Å². The van der Waals surface area contributed by atoms with E-state index in [0.717, 1.165) is 4.90 Å². The number of rotatable bonds is 1. The summed E-state index contributed by atoms with van der Waals surface area (Å²) in [6.07, 6.45) is -13.3. The SMILES string of the molecule is BC1(B)N(C(=O)OC(B)(C(F)(F)F)C(F)(F)F)C(B)(B)C(B)(B)N(C(C)(C)C)C1(B)B. The van der Waals surface area contributed by atoms with E-state index in [0.29, 0.717) is 0 Å². The first-order valence-corrected chi connectivity index (χ1v) is 10.1. The summed E-state index contributed by atoms with van der Waals surface area (Å²) in [6.45, 7) is 5.92. The molecule has 0 radical (unpaired) electrons. The lowest BCUT2D eigenvalue weighted by molar-refractivity contribution is -0.331. The van der Waals surface area contributed by atoms with Crippen LogP contribution in [-0.4, -0.2) is 131 Å². The van der Waals surface area contributed by atoms with Crippen molar-refractivity contribution in [1.82, 2.24) is 9.80 Å². The summed E-state index contributed by atoms with van der Waals surface area (Å²) in [6, 6.07) is 0. The van der Waals surface area contributed by atoms with Crippen molar-refractivity contribution < 1.29 is 35.9 Å². The van der Waals surface area contributed by atoms with Gasteiger partial charge in [0.15, 0.2) is 7.85 Å². The van der Waals surface area contributed by atoms with E-state index in [1.807, 2.05) is 52.2 Å². The monoisotopic (exact) mass is 444 g/mol. The van der Waals surface area contributed by atoms with E-state index in [2.05, 4.69) is 9.64 Å². The van der Waals surface area contributed by atoms with Crippen LogP contribution in [0.2, 0.25) is 0 Å². The van der Waals surface area contributed by atoms with Crippen LogP contribution in [0.25, 0.3) is 0 Å². The van der Waals surface area contributed by atoms with Gasteiger partial charge in [0.05, 0.1) is 0 Å². The highest BCUT2D eigenvalue weighted by atomic mass is 19.4. The minimum absolute atomic E-state index is 0.160. The Balaban J connectivity index is 3.74. The second kappa shape index (κ2) is 7.19. The van der Waals surface area contributed by atoms with Gasteiger partial charge in [-0.2, -0.15) is 26.3 Å². The quantitative estimate of drug-likeness (QED) is 0.299. The molecule has 0 bridgehead atoms. The molecule has 0 N–H and O–H groups in total. The van der Waals surface area contributed by atoms with Crippen molar-refractivity contribution in [2.45, 2.75) is 65.5 Å². The topological polar surface area (TPSA) is 32.8 Å². The van der Waals surface area contributed by atoms with E-state index in [1.165, 1.54) is 0 Å². The highest BCUT2D eigenvalue weighted by molar-refractivity contribution is 6.60. The zero-order chi connectivity index (χ0) is 25.4. The third-order valence-electron chi connectivity index (χ3n) is 7.46. The maximum atomic E-state index is 13.4. The Morgan fingerprint density at radius 1 is 0.710 bits per heavy atom. The second-order valence-electron chi connectivity index (χ2n) is 11.5. The molecule has 1 amide bonds. The molecule has 166 valence electrons. The summed E-state index contributed by atoms with van der Waals surface area (Å²) in [5, 5.41) is -4.10. The molecule has 1 heterocycles.